The van der Waals surface area contributed by atoms with E-state index in [0.717, 1.165) is 11.3 Å². The summed E-state index contributed by atoms with van der Waals surface area (Å²) in [6.07, 6.45) is 1.52. The molecule has 1 aliphatic heterocycles. The van der Waals surface area contributed by atoms with Gasteiger partial charge in [-0.25, -0.2) is 4.98 Å². The number of aliphatic hydroxyl groups is 1. The third kappa shape index (κ3) is 3.75. The van der Waals surface area contributed by atoms with Crippen LogP contribution in [0.25, 0.3) is 16.0 Å². The molecule has 0 radical (unpaired) electrons. The maximum atomic E-state index is 13.3. The van der Waals surface area contributed by atoms with Crippen LogP contribution in [0.5, 0.6) is 5.75 Å². The topological polar surface area (TPSA) is 136 Å². The number of thiazole rings is 1. The third-order valence-electron chi connectivity index (χ3n) is 5.88. The fourth-order valence-corrected chi connectivity index (χ4v) is 5.16. The molecule has 1 N–H and O–H groups in total. The Labute approximate surface area is 208 Å². The highest BCUT2D eigenvalue weighted by atomic mass is 32.1. The Balaban J connectivity index is 1.71. The number of benzene rings is 2. The predicted octanol–water partition coefficient (Wildman–Crippen LogP) is 4.54. The molecular weight excluding hydrogens is 484 g/mol. The second-order valence-electron chi connectivity index (χ2n) is 8.01. The van der Waals surface area contributed by atoms with Crippen molar-refractivity contribution in [3.63, 3.8) is 0 Å². The van der Waals surface area contributed by atoms with Gasteiger partial charge in [0.1, 0.15) is 17.6 Å². The molecule has 1 atom stereocenters. The lowest BCUT2D eigenvalue weighted by atomic mass is 9.96. The summed E-state index contributed by atoms with van der Waals surface area (Å²) in [5.41, 5.74) is 1.57. The average Bonchev–Trinajstić information content (AvgIpc) is 3.41. The number of hydrogen-bond acceptors (Lipinski definition) is 9. The smallest absolute Gasteiger partial charge is 0.301 e. The Morgan fingerprint density at radius 1 is 1.17 bits per heavy atom. The van der Waals surface area contributed by atoms with Crippen LogP contribution in [0.1, 0.15) is 22.9 Å². The number of nitrogens with zero attached hydrogens (tertiary/aromatic N) is 4. The Kier molecular flexibility index (Phi) is 5.69. The van der Waals surface area contributed by atoms with Crippen LogP contribution >= 0.6 is 11.3 Å². The highest BCUT2D eigenvalue weighted by Crippen LogP contribution is 2.44. The molecule has 1 saturated heterocycles. The first-order valence-electron chi connectivity index (χ1n) is 10.7. The molecular formula is C25H18N4O6S. The summed E-state index contributed by atoms with van der Waals surface area (Å²) in [6.45, 7) is 1.75. The SMILES string of the molecule is COc1ccc(/C(O)=C2\C(=O)C(=O)N(c3nc4ccc([N+](=O)[O-])cc4s3)C2c2ccccn2)c(C)c1. The number of anilines is 1. The average molecular weight is 503 g/mol. The highest BCUT2D eigenvalue weighted by Gasteiger charge is 2.49. The number of ketones is 1. The van der Waals surface area contributed by atoms with Gasteiger partial charge in [-0.05, 0) is 48.9 Å². The zero-order chi connectivity index (χ0) is 25.6. The van der Waals surface area contributed by atoms with Crippen LogP contribution in [-0.2, 0) is 9.59 Å². The number of methoxy groups -OCH3 is 1. The van der Waals surface area contributed by atoms with E-state index in [1.807, 2.05) is 0 Å². The lowest BCUT2D eigenvalue weighted by molar-refractivity contribution is -0.384. The van der Waals surface area contributed by atoms with E-state index in [1.54, 1.807) is 43.3 Å². The highest BCUT2D eigenvalue weighted by molar-refractivity contribution is 7.22. The molecule has 2 aromatic heterocycles. The Bertz CT molecular complexity index is 1580. The van der Waals surface area contributed by atoms with Gasteiger partial charge in [-0.1, -0.05) is 17.4 Å². The zero-order valence-electron chi connectivity index (χ0n) is 19.0. The summed E-state index contributed by atoms with van der Waals surface area (Å²) >= 11 is 1.04. The van der Waals surface area contributed by atoms with E-state index in [-0.39, 0.29) is 22.2 Å². The molecule has 0 bridgehead atoms. The number of Topliss-reactive ketones (excluding diaryl/α,β-unsaturated/α-hetero) is 1. The van der Waals surface area contributed by atoms with E-state index in [0.29, 0.717) is 32.8 Å². The van der Waals surface area contributed by atoms with Crippen LogP contribution in [0.3, 0.4) is 0 Å². The molecule has 11 heteroatoms. The number of non-ortho nitro benzene ring substituents is 1. The first-order valence-corrected chi connectivity index (χ1v) is 11.5. The van der Waals surface area contributed by atoms with Gasteiger partial charge in [0.25, 0.3) is 11.5 Å². The molecule has 1 unspecified atom stereocenters. The Hall–Kier alpha value is -4.64. The van der Waals surface area contributed by atoms with E-state index >= 15 is 0 Å². The van der Waals surface area contributed by atoms with Crippen LogP contribution in [0.2, 0.25) is 0 Å². The van der Waals surface area contributed by atoms with Crippen LogP contribution in [0.15, 0.2) is 66.4 Å². The largest absolute Gasteiger partial charge is 0.507 e. The van der Waals surface area contributed by atoms with Gasteiger partial charge >= 0.3 is 5.91 Å². The lowest BCUT2D eigenvalue weighted by Gasteiger charge is -2.22. The van der Waals surface area contributed by atoms with Crippen molar-refractivity contribution in [1.82, 2.24) is 9.97 Å². The van der Waals surface area contributed by atoms with Gasteiger partial charge in [0.05, 0.1) is 33.5 Å². The predicted molar refractivity (Wildman–Crippen MR) is 133 cm³/mol. The van der Waals surface area contributed by atoms with Gasteiger partial charge in [0.15, 0.2) is 5.13 Å². The normalized spacial score (nSPS) is 17.1. The summed E-state index contributed by atoms with van der Waals surface area (Å²) in [5, 5.41) is 22.7. The third-order valence-corrected chi connectivity index (χ3v) is 6.90. The number of aliphatic hydroxyl groups excluding tert-OH is 1. The van der Waals surface area contributed by atoms with Crippen LogP contribution in [0, 0.1) is 17.0 Å². The maximum Gasteiger partial charge on any atom is 0.301 e. The molecule has 10 nitrogen and oxygen atoms in total. The van der Waals surface area contributed by atoms with Gasteiger partial charge in [0.2, 0.25) is 0 Å². The maximum absolute atomic E-state index is 13.3. The summed E-state index contributed by atoms with van der Waals surface area (Å²) in [6, 6.07) is 13.1. The van der Waals surface area contributed by atoms with Gasteiger partial charge < -0.3 is 9.84 Å². The monoisotopic (exact) mass is 502 g/mol. The molecule has 0 aliphatic carbocycles. The number of aromatic nitrogens is 2. The van der Waals surface area contributed by atoms with Crippen molar-refractivity contribution in [2.24, 2.45) is 0 Å². The van der Waals surface area contributed by atoms with E-state index in [1.165, 1.54) is 36.4 Å². The van der Waals surface area contributed by atoms with Crippen molar-refractivity contribution in [2.45, 2.75) is 13.0 Å². The minimum absolute atomic E-state index is 0.115. The summed E-state index contributed by atoms with van der Waals surface area (Å²) in [5.74, 6) is -1.53. The zero-order valence-corrected chi connectivity index (χ0v) is 19.9. The molecule has 3 heterocycles. The number of carbonyl (C=O) groups excluding carboxylic acids is 2. The molecule has 0 spiro atoms. The molecule has 4 aromatic rings. The molecule has 5 rings (SSSR count). The number of nitro groups is 1. The molecule has 1 fully saturated rings. The lowest BCUT2D eigenvalue weighted by Crippen LogP contribution is -2.29. The number of aryl methyl sites for hydroxylation is 1. The summed E-state index contributed by atoms with van der Waals surface area (Å²) < 4.78 is 5.70. The molecule has 1 aliphatic rings. The van der Waals surface area contributed by atoms with Crippen LogP contribution < -0.4 is 9.64 Å². The fraction of sp³-hybridized carbons (Fsp3) is 0.120. The first-order chi connectivity index (χ1) is 17.3. The Morgan fingerprint density at radius 3 is 2.64 bits per heavy atom. The minimum atomic E-state index is -1.05. The van der Waals surface area contributed by atoms with Gasteiger partial charge in [-0.15, -0.1) is 0 Å². The van der Waals surface area contributed by atoms with Crippen LogP contribution in [0.4, 0.5) is 10.8 Å². The number of fused-ring (bicyclic) bond motifs is 1. The van der Waals surface area contributed by atoms with Crippen molar-refractivity contribution in [3.8, 4) is 5.75 Å². The van der Waals surface area contributed by atoms with Gasteiger partial charge in [-0.3, -0.25) is 29.6 Å². The van der Waals surface area contributed by atoms with Crippen LogP contribution in [-0.4, -0.2) is 38.8 Å². The number of nitro benzene ring substituents is 1. The standard InChI is InChI=1S/C25H18N4O6S/c1-13-11-15(35-2)7-8-16(13)22(30)20-21(18-5-3-4-10-26-18)28(24(32)23(20)31)25-27-17-9-6-14(29(33)34)12-19(17)36-25/h3-12,21,30H,1-2H3/b22-20+. The number of rotatable bonds is 5. The van der Waals surface area contributed by atoms with Gasteiger partial charge in [0, 0.05) is 23.9 Å². The van der Waals surface area contributed by atoms with Crippen molar-refractivity contribution < 1.29 is 24.4 Å². The molecule has 1 amide bonds. The van der Waals surface area contributed by atoms with E-state index in [9.17, 15) is 24.8 Å². The molecule has 0 saturated carbocycles. The van der Waals surface area contributed by atoms with Crippen molar-refractivity contribution in [3.05, 3.63) is 93.3 Å². The number of amides is 1. The second-order valence-corrected chi connectivity index (χ2v) is 9.02. The second kappa shape index (κ2) is 8.86. The first kappa shape index (κ1) is 23.1. The van der Waals surface area contributed by atoms with E-state index < -0.39 is 22.7 Å². The number of hydrogen-bond donors (Lipinski definition) is 1. The van der Waals surface area contributed by atoms with Gasteiger partial charge in [-0.2, -0.15) is 0 Å². The van der Waals surface area contributed by atoms with Crippen molar-refractivity contribution in [2.75, 3.05) is 12.0 Å². The summed E-state index contributed by atoms with van der Waals surface area (Å²) in [7, 11) is 1.52. The van der Waals surface area contributed by atoms with Crippen molar-refractivity contribution >= 4 is 49.8 Å². The van der Waals surface area contributed by atoms with E-state index in [4.69, 9.17) is 4.74 Å². The molecule has 36 heavy (non-hydrogen) atoms. The Morgan fingerprint density at radius 2 is 1.97 bits per heavy atom. The minimum Gasteiger partial charge on any atom is -0.507 e. The summed E-state index contributed by atoms with van der Waals surface area (Å²) in [4.78, 5) is 47.3. The van der Waals surface area contributed by atoms with E-state index in [2.05, 4.69) is 9.97 Å². The van der Waals surface area contributed by atoms with Crippen molar-refractivity contribution in [1.29, 1.82) is 0 Å². The number of ether oxygens (including phenoxy) is 1. The number of pyridine rings is 1. The fourth-order valence-electron chi connectivity index (χ4n) is 4.14. The quantitative estimate of drug-likeness (QED) is 0.138. The molecule has 180 valence electrons. The molecule has 2 aromatic carbocycles. The number of carbonyl (C=O) groups is 2.